The Hall–Kier alpha value is -0.200. The topological polar surface area (TPSA) is 49.0 Å². The van der Waals surface area contributed by atoms with Crippen LogP contribution >= 0.6 is 0 Å². The molecule has 1 aliphatic rings. The number of nitrogens with one attached hydrogen (secondary N) is 1. The predicted molar refractivity (Wildman–Crippen MR) is 69.9 cm³/mol. The lowest BCUT2D eigenvalue weighted by molar-refractivity contribution is 0.0145. The third kappa shape index (κ3) is 6.66. The monoisotopic (exact) mass is 261 g/mol. The summed E-state index contributed by atoms with van der Waals surface area (Å²) in [4.78, 5) is 0. The van der Waals surface area contributed by atoms with Gasteiger partial charge in [-0.3, -0.25) is 0 Å². The van der Waals surface area contributed by atoms with E-state index in [4.69, 9.17) is 18.9 Å². The highest BCUT2D eigenvalue weighted by Crippen LogP contribution is 2.16. The highest BCUT2D eigenvalue weighted by molar-refractivity contribution is 4.78. The Balaban J connectivity index is 2.02. The molecule has 0 aromatic heterocycles. The van der Waals surface area contributed by atoms with E-state index in [9.17, 15) is 0 Å². The summed E-state index contributed by atoms with van der Waals surface area (Å²) in [7, 11) is 1.67. The lowest BCUT2D eigenvalue weighted by Crippen LogP contribution is -2.40. The summed E-state index contributed by atoms with van der Waals surface area (Å²) >= 11 is 0. The van der Waals surface area contributed by atoms with E-state index in [0.29, 0.717) is 38.4 Å². The minimum atomic E-state index is 0.400. The van der Waals surface area contributed by atoms with Gasteiger partial charge in [0.15, 0.2) is 0 Å². The molecule has 0 aromatic rings. The molecule has 1 fully saturated rings. The first-order valence-corrected chi connectivity index (χ1v) is 6.84. The molecule has 1 heterocycles. The summed E-state index contributed by atoms with van der Waals surface area (Å²) in [5.41, 5.74) is 0. The Morgan fingerprint density at radius 3 is 2.67 bits per heavy atom. The number of ether oxygens (including phenoxy) is 4. The molecule has 0 spiro atoms. The molecule has 1 aliphatic heterocycles. The number of methoxy groups -OCH3 is 1. The van der Waals surface area contributed by atoms with E-state index in [0.717, 1.165) is 32.8 Å². The van der Waals surface area contributed by atoms with Gasteiger partial charge in [-0.2, -0.15) is 0 Å². The van der Waals surface area contributed by atoms with Crippen molar-refractivity contribution in [1.82, 2.24) is 5.32 Å². The van der Waals surface area contributed by atoms with E-state index < -0.39 is 0 Å². The van der Waals surface area contributed by atoms with Crippen molar-refractivity contribution in [2.75, 3.05) is 59.9 Å². The second-order valence-corrected chi connectivity index (χ2v) is 4.47. The number of hydrogen-bond donors (Lipinski definition) is 1. The van der Waals surface area contributed by atoms with E-state index >= 15 is 0 Å². The Kier molecular flexibility index (Phi) is 9.42. The Morgan fingerprint density at radius 1 is 1.22 bits per heavy atom. The minimum Gasteiger partial charge on any atom is -0.382 e. The van der Waals surface area contributed by atoms with Gasteiger partial charge in [-0.1, -0.05) is 6.92 Å². The molecule has 0 bridgehead atoms. The van der Waals surface area contributed by atoms with Crippen LogP contribution in [0.25, 0.3) is 0 Å². The maximum atomic E-state index is 5.66. The maximum absolute atomic E-state index is 5.66. The zero-order chi connectivity index (χ0) is 13.1. The van der Waals surface area contributed by atoms with Crippen molar-refractivity contribution >= 4 is 0 Å². The fourth-order valence-corrected chi connectivity index (χ4v) is 2.07. The molecule has 2 atom stereocenters. The van der Waals surface area contributed by atoms with E-state index in [1.165, 1.54) is 0 Å². The molecule has 5 heteroatoms. The van der Waals surface area contributed by atoms with Crippen LogP contribution in [0.3, 0.4) is 0 Å². The molecule has 2 unspecified atom stereocenters. The van der Waals surface area contributed by atoms with Crippen molar-refractivity contribution in [3.8, 4) is 0 Å². The van der Waals surface area contributed by atoms with Crippen molar-refractivity contribution in [2.24, 2.45) is 5.92 Å². The molecule has 1 N–H and O–H groups in total. The predicted octanol–water partition coefficient (Wildman–Crippen LogP) is 0.681. The molecule has 108 valence electrons. The van der Waals surface area contributed by atoms with E-state index in [1.54, 1.807) is 7.11 Å². The van der Waals surface area contributed by atoms with Crippen LogP contribution in [0.5, 0.6) is 0 Å². The third-order valence-electron chi connectivity index (χ3n) is 3.10. The molecule has 1 saturated heterocycles. The normalized spacial score (nSPS) is 21.3. The smallest absolute Gasteiger partial charge is 0.0701 e. The van der Waals surface area contributed by atoms with Crippen LogP contribution in [0.15, 0.2) is 0 Å². The lowest BCUT2D eigenvalue weighted by atomic mass is 10.00. The van der Waals surface area contributed by atoms with Crippen LogP contribution in [-0.2, 0) is 18.9 Å². The van der Waals surface area contributed by atoms with Gasteiger partial charge in [-0.25, -0.2) is 0 Å². The Bertz CT molecular complexity index is 186. The van der Waals surface area contributed by atoms with Crippen LogP contribution in [-0.4, -0.2) is 65.9 Å². The summed E-state index contributed by atoms with van der Waals surface area (Å²) in [5, 5.41) is 3.47. The van der Waals surface area contributed by atoms with Crippen LogP contribution in [0, 0.1) is 5.92 Å². The summed E-state index contributed by atoms with van der Waals surface area (Å²) in [6.07, 6.45) is 1.13. The second-order valence-electron chi connectivity index (χ2n) is 4.47. The molecule has 0 aromatic carbocycles. The van der Waals surface area contributed by atoms with Crippen molar-refractivity contribution in [2.45, 2.75) is 19.4 Å². The highest BCUT2D eigenvalue weighted by Gasteiger charge is 2.24. The van der Waals surface area contributed by atoms with Gasteiger partial charge in [-0.15, -0.1) is 0 Å². The standard InChI is InChI=1S/C13H27NO4/c1-3-14-13(12-4-5-17-10-12)11-18-9-8-16-7-6-15-2/h12-14H,3-11H2,1-2H3. The van der Waals surface area contributed by atoms with Crippen molar-refractivity contribution in [1.29, 1.82) is 0 Å². The molecule has 1 rings (SSSR count). The van der Waals surface area contributed by atoms with Crippen LogP contribution < -0.4 is 5.32 Å². The SMILES string of the molecule is CCNC(COCCOCCOC)C1CCOC1. The highest BCUT2D eigenvalue weighted by atomic mass is 16.5. The summed E-state index contributed by atoms with van der Waals surface area (Å²) in [6.45, 7) is 8.09. The molecule has 5 nitrogen and oxygen atoms in total. The van der Waals surface area contributed by atoms with Crippen molar-refractivity contribution in [3.63, 3.8) is 0 Å². The van der Waals surface area contributed by atoms with Gasteiger partial charge in [-0.05, 0) is 13.0 Å². The van der Waals surface area contributed by atoms with Gasteiger partial charge in [0.2, 0.25) is 0 Å². The fraction of sp³-hybridized carbons (Fsp3) is 1.00. The fourth-order valence-electron chi connectivity index (χ4n) is 2.07. The zero-order valence-corrected chi connectivity index (χ0v) is 11.7. The first-order valence-electron chi connectivity index (χ1n) is 6.84. The largest absolute Gasteiger partial charge is 0.382 e. The van der Waals surface area contributed by atoms with Crippen LogP contribution in [0.2, 0.25) is 0 Å². The number of rotatable bonds is 11. The second kappa shape index (κ2) is 10.7. The Labute approximate surface area is 110 Å². The summed E-state index contributed by atoms with van der Waals surface area (Å²) < 4.78 is 21.3. The average molecular weight is 261 g/mol. The van der Waals surface area contributed by atoms with Gasteiger partial charge in [0.1, 0.15) is 0 Å². The van der Waals surface area contributed by atoms with Crippen molar-refractivity contribution < 1.29 is 18.9 Å². The molecule has 0 amide bonds. The van der Waals surface area contributed by atoms with E-state index in [2.05, 4.69) is 12.2 Å². The van der Waals surface area contributed by atoms with Crippen molar-refractivity contribution in [3.05, 3.63) is 0 Å². The maximum Gasteiger partial charge on any atom is 0.0701 e. The van der Waals surface area contributed by atoms with E-state index in [1.807, 2.05) is 0 Å². The third-order valence-corrected chi connectivity index (χ3v) is 3.10. The van der Waals surface area contributed by atoms with Gasteiger partial charge in [0.25, 0.3) is 0 Å². The van der Waals surface area contributed by atoms with Crippen LogP contribution in [0.1, 0.15) is 13.3 Å². The summed E-state index contributed by atoms with van der Waals surface area (Å²) in [5.74, 6) is 0.583. The number of hydrogen-bond acceptors (Lipinski definition) is 5. The molecular weight excluding hydrogens is 234 g/mol. The van der Waals surface area contributed by atoms with E-state index in [-0.39, 0.29) is 0 Å². The van der Waals surface area contributed by atoms with Crippen LogP contribution in [0.4, 0.5) is 0 Å². The number of likely N-dealkylation sites (N-methyl/N-ethyl adjacent to an activating group) is 1. The van der Waals surface area contributed by atoms with Gasteiger partial charge in [0, 0.05) is 25.7 Å². The zero-order valence-electron chi connectivity index (χ0n) is 11.7. The molecule has 18 heavy (non-hydrogen) atoms. The van der Waals surface area contributed by atoms with Gasteiger partial charge >= 0.3 is 0 Å². The minimum absolute atomic E-state index is 0.400. The first kappa shape index (κ1) is 15.9. The summed E-state index contributed by atoms with van der Waals surface area (Å²) in [6, 6.07) is 0.400. The average Bonchev–Trinajstić information content (AvgIpc) is 2.90. The molecule has 0 aliphatic carbocycles. The molecule has 0 saturated carbocycles. The molecule has 0 radical (unpaired) electrons. The Morgan fingerprint density at radius 2 is 2.00 bits per heavy atom. The quantitative estimate of drug-likeness (QED) is 0.554. The lowest BCUT2D eigenvalue weighted by Gasteiger charge is -2.23. The van der Waals surface area contributed by atoms with Gasteiger partial charge < -0.3 is 24.3 Å². The first-order chi connectivity index (χ1) is 8.88. The van der Waals surface area contributed by atoms with Gasteiger partial charge in [0.05, 0.1) is 39.6 Å². The molecular formula is C13H27NO4.